The van der Waals surface area contributed by atoms with E-state index in [4.69, 9.17) is 14.2 Å². The van der Waals surface area contributed by atoms with Gasteiger partial charge in [0.25, 0.3) is 0 Å². The smallest absolute Gasteiger partial charge is 0.161 e. The Morgan fingerprint density at radius 3 is 2.62 bits per heavy atom. The Labute approximate surface area is 102 Å². The monoisotopic (exact) mass is 242 g/mol. The maximum Gasteiger partial charge on any atom is 0.161 e. The molecule has 1 rings (SSSR count). The topological polar surface area (TPSA) is 27.7 Å². The summed E-state index contributed by atoms with van der Waals surface area (Å²) in [5.74, 6) is 2.24. The summed E-state index contributed by atoms with van der Waals surface area (Å²) in [7, 11) is 1.64. The fourth-order valence-corrected chi connectivity index (χ4v) is 1.40. The van der Waals surface area contributed by atoms with Crippen molar-refractivity contribution in [1.82, 2.24) is 0 Å². The van der Waals surface area contributed by atoms with E-state index in [1.54, 1.807) is 7.11 Å². The molecule has 0 saturated carbocycles. The molecule has 0 unspecified atom stereocenters. The Bertz CT molecular complexity index is 315. The molecular formula is C12H18O3S. The number of methoxy groups -OCH3 is 1. The minimum absolute atomic E-state index is 0.521. The lowest BCUT2D eigenvalue weighted by Crippen LogP contribution is -2.08. The maximum atomic E-state index is 5.55. The lowest BCUT2D eigenvalue weighted by Gasteiger charge is -2.11. The number of hydrogen-bond donors (Lipinski definition) is 1. The Hall–Kier alpha value is -0.870. The van der Waals surface area contributed by atoms with Gasteiger partial charge < -0.3 is 14.2 Å². The summed E-state index contributed by atoms with van der Waals surface area (Å²) in [5.41, 5.74) is 1.15. The van der Waals surface area contributed by atoms with Crippen LogP contribution in [-0.4, -0.2) is 32.7 Å². The summed E-state index contributed by atoms with van der Waals surface area (Å²) in [6.45, 7) is 3.75. The molecule has 0 fully saturated rings. The molecule has 1 aromatic rings. The summed E-state index contributed by atoms with van der Waals surface area (Å²) in [5, 5.41) is 0. The zero-order valence-corrected chi connectivity index (χ0v) is 10.6. The fourth-order valence-electron chi connectivity index (χ4n) is 1.27. The second-order valence-electron chi connectivity index (χ2n) is 3.34. The molecule has 0 saturated heterocycles. The van der Waals surface area contributed by atoms with Crippen LogP contribution < -0.4 is 9.47 Å². The SMILES string of the molecule is COc1cc(C)ccc1OCCOCCS. The Morgan fingerprint density at radius 1 is 1.12 bits per heavy atom. The average Bonchev–Trinajstić information content (AvgIpc) is 2.30. The molecule has 0 aliphatic rings. The molecule has 0 amide bonds. The highest BCUT2D eigenvalue weighted by Gasteiger charge is 2.03. The average molecular weight is 242 g/mol. The summed E-state index contributed by atoms with van der Waals surface area (Å²) >= 11 is 4.05. The zero-order valence-electron chi connectivity index (χ0n) is 9.73. The third kappa shape index (κ3) is 4.33. The van der Waals surface area contributed by atoms with Crippen molar-refractivity contribution < 1.29 is 14.2 Å². The van der Waals surface area contributed by atoms with Gasteiger partial charge in [0.15, 0.2) is 11.5 Å². The Morgan fingerprint density at radius 2 is 1.94 bits per heavy atom. The molecule has 90 valence electrons. The quantitative estimate of drug-likeness (QED) is 0.587. The van der Waals surface area contributed by atoms with Gasteiger partial charge in [-0.25, -0.2) is 0 Å². The first kappa shape index (κ1) is 13.2. The molecule has 0 N–H and O–H groups in total. The van der Waals surface area contributed by atoms with E-state index in [-0.39, 0.29) is 0 Å². The molecule has 0 spiro atoms. The lowest BCUT2D eigenvalue weighted by molar-refractivity contribution is 0.111. The van der Waals surface area contributed by atoms with E-state index in [0.29, 0.717) is 19.8 Å². The molecule has 0 aliphatic carbocycles. The predicted molar refractivity (Wildman–Crippen MR) is 67.9 cm³/mol. The maximum absolute atomic E-state index is 5.55. The Balaban J connectivity index is 2.41. The summed E-state index contributed by atoms with van der Waals surface area (Å²) in [6, 6.07) is 5.85. The van der Waals surface area contributed by atoms with Crippen LogP contribution in [0.5, 0.6) is 11.5 Å². The molecule has 0 aliphatic heterocycles. The molecule has 0 heterocycles. The molecule has 4 heteroatoms. The van der Waals surface area contributed by atoms with Gasteiger partial charge >= 0.3 is 0 Å². The van der Waals surface area contributed by atoms with Crippen molar-refractivity contribution in [3.8, 4) is 11.5 Å². The van der Waals surface area contributed by atoms with E-state index in [9.17, 15) is 0 Å². The number of thiol groups is 1. The number of benzene rings is 1. The van der Waals surface area contributed by atoms with Crippen LogP contribution in [-0.2, 0) is 4.74 Å². The minimum atomic E-state index is 0.521. The molecule has 3 nitrogen and oxygen atoms in total. The molecule has 0 radical (unpaired) electrons. The van der Waals surface area contributed by atoms with E-state index in [1.807, 2.05) is 25.1 Å². The van der Waals surface area contributed by atoms with Crippen LogP contribution in [0, 0.1) is 6.92 Å². The first-order valence-electron chi connectivity index (χ1n) is 5.24. The number of ether oxygens (including phenoxy) is 3. The Kier molecular flexibility index (Phi) is 6.11. The standard InChI is InChI=1S/C12H18O3S/c1-10-3-4-11(12(9-10)13-2)15-6-5-14-7-8-16/h3-4,9,16H,5-8H2,1-2H3. The first-order valence-corrected chi connectivity index (χ1v) is 5.87. The van der Waals surface area contributed by atoms with Crippen molar-refractivity contribution in [3.05, 3.63) is 23.8 Å². The molecule has 0 aromatic heterocycles. The van der Waals surface area contributed by atoms with Crippen molar-refractivity contribution in [2.75, 3.05) is 32.7 Å². The van der Waals surface area contributed by atoms with Crippen molar-refractivity contribution in [3.63, 3.8) is 0 Å². The van der Waals surface area contributed by atoms with E-state index in [2.05, 4.69) is 12.6 Å². The highest BCUT2D eigenvalue weighted by Crippen LogP contribution is 2.27. The van der Waals surface area contributed by atoms with Crippen molar-refractivity contribution in [2.24, 2.45) is 0 Å². The molecule has 1 aromatic carbocycles. The fraction of sp³-hybridized carbons (Fsp3) is 0.500. The van der Waals surface area contributed by atoms with Crippen molar-refractivity contribution in [1.29, 1.82) is 0 Å². The van der Waals surface area contributed by atoms with Gasteiger partial charge in [0.1, 0.15) is 6.61 Å². The van der Waals surface area contributed by atoms with Crippen LogP contribution in [0.4, 0.5) is 0 Å². The largest absolute Gasteiger partial charge is 0.493 e. The van der Waals surface area contributed by atoms with Crippen LogP contribution in [0.1, 0.15) is 5.56 Å². The third-order valence-electron chi connectivity index (χ3n) is 2.04. The summed E-state index contributed by atoms with van der Waals surface area (Å²) in [4.78, 5) is 0. The van der Waals surface area contributed by atoms with Gasteiger partial charge in [-0.05, 0) is 24.6 Å². The number of aryl methyl sites for hydroxylation is 1. The van der Waals surface area contributed by atoms with Crippen LogP contribution in [0.25, 0.3) is 0 Å². The van der Waals surface area contributed by atoms with E-state index in [1.165, 1.54) is 0 Å². The van der Waals surface area contributed by atoms with E-state index in [0.717, 1.165) is 22.8 Å². The molecule has 0 bridgehead atoms. The van der Waals surface area contributed by atoms with Crippen LogP contribution in [0.3, 0.4) is 0 Å². The molecule has 16 heavy (non-hydrogen) atoms. The van der Waals surface area contributed by atoms with Crippen LogP contribution >= 0.6 is 12.6 Å². The predicted octanol–water partition coefficient (Wildman–Crippen LogP) is 2.33. The summed E-state index contributed by atoms with van der Waals surface area (Å²) < 4.78 is 16.0. The number of rotatable bonds is 7. The van der Waals surface area contributed by atoms with E-state index >= 15 is 0 Å². The van der Waals surface area contributed by atoms with Gasteiger partial charge in [0, 0.05) is 5.75 Å². The highest BCUT2D eigenvalue weighted by molar-refractivity contribution is 7.80. The van der Waals surface area contributed by atoms with Gasteiger partial charge in [0.2, 0.25) is 0 Å². The second kappa shape index (κ2) is 7.41. The van der Waals surface area contributed by atoms with E-state index < -0.39 is 0 Å². The lowest BCUT2D eigenvalue weighted by atomic mass is 10.2. The zero-order chi connectivity index (χ0) is 11.8. The van der Waals surface area contributed by atoms with Crippen molar-refractivity contribution >= 4 is 12.6 Å². The van der Waals surface area contributed by atoms with Gasteiger partial charge in [-0.2, -0.15) is 12.6 Å². The van der Waals surface area contributed by atoms with Gasteiger partial charge in [0.05, 0.1) is 20.3 Å². The molecular weight excluding hydrogens is 224 g/mol. The normalized spacial score (nSPS) is 10.2. The third-order valence-corrected chi connectivity index (χ3v) is 2.22. The number of hydrogen-bond acceptors (Lipinski definition) is 4. The summed E-state index contributed by atoms with van der Waals surface area (Å²) in [6.07, 6.45) is 0. The van der Waals surface area contributed by atoms with Crippen LogP contribution in [0.2, 0.25) is 0 Å². The molecule has 0 atom stereocenters. The first-order chi connectivity index (χ1) is 7.77. The van der Waals surface area contributed by atoms with Crippen LogP contribution in [0.15, 0.2) is 18.2 Å². The van der Waals surface area contributed by atoms with Gasteiger partial charge in [-0.1, -0.05) is 6.07 Å². The van der Waals surface area contributed by atoms with Gasteiger partial charge in [-0.3, -0.25) is 0 Å². The van der Waals surface area contributed by atoms with Crippen molar-refractivity contribution in [2.45, 2.75) is 6.92 Å². The highest BCUT2D eigenvalue weighted by atomic mass is 32.1. The van der Waals surface area contributed by atoms with Gasteiger partial charge in [-0.15, -0.1) is 0 Å². The minimum Gasteiger partial charge on any atom is -0.493 e. The second-order valence-corrected chi connectivity index (χ2v) is 3.79.